The van der Waals surface area contributed by atoms with E-state index in [-0.39, 0.29) is 6.10 Å². The number of ether oxygens (including phenoxy) is 2. The van der Waals surface area contributed by atoms with Crippen LogP contribution in [0.5, 0.6) is 11.5 Å². The van der Waals surface area contributed by atoms with Crippen molar-refractivity contribution in [2.24, 2.45) is 0 Å². The quantitative estimate of drug-likeness (QED) is 0.765. The summed E-state index contributed by atoms with van der Waals surface area (Å²) in [6.45, 7) is 6.01. The number of nitrogens with one attached hydrogen (secondary N) is 1. The summed E-state index contributed by atoms with van der Waals surface area (Å²) in [4.78, 5) is 11.2. The summed E-state index contributed by atoms with van der Waals surface area (Å²) in [5.74, 6) is 0.526. The molecule has 2 N–H and O–H groups in total. The second-order valence-corrected chi connectivity index (χ2v) is 4.93. The molecule has 0 bridgehead atoms. The third-order valence-corrected chi connectivity index (χ3v) is 3.17. The zero-order valence-electron chi connectivity index (χ0n) is 12.5. The van der Waals surface area contributed by atoms with Gasteiger partial charge in [0.1, 0.15) is 17.0 Å². The van der Waals surface area contributed by atoms with Crippen molar-refractivity contribution >= 4 is 5.97 Å². The third kappa shape index (κ3) is 4.42. The first kappa shape index (κ1) is 16.3. The monoisotopic (exact) mass is 281 g/mol. The Bertz CT molecular complexity index is 449. The van der Waals surface area contributed by atoms with Crippen LogP contribution in [-0.2, 0) is 4.79 Å². The first-order valence-corrected chi connectivity index (χ1v) is 6.73. The molecule has 0 aromatic heterocycles. The molecule has 5 nitrogen and oxygen atoms in total. The van der Waals surface area contributed by atoms with E-state index >= 15 is 0 Å². The van der Waals surface area contributed by atoms with E-state index in [0.29, 0.717) is 18.8 Å². The van der Waals surface area contributed by atoms with Gasteiger partial charge >= 0.3 is 5.97 Å². The van der Waals surface area contributed by atoms with Crippen LogP contribution in [0.4, 0.5) is 0 Å². The minimum Gasteiger partial charge on any atom is -0.494 e. The van der Waals surface area contributed by atoms with Crippen LogP contribution in [0.15, 0.2) is 24.3 Å². The molecule has 0 aliphatic heterocycles. The summed E-state index contributed by atoms with van der Waals surface area (Å²) >= 11 is 0. The van der Waals surface area contributed by atoms with Crippen molar-refractivity contribution < 1.29 is 19.4 Å². The van der Waals surface area contributed by atoms with Crippen LogP contribution in [0.2, 0.25) is 0 Å². The van der Waals surface area contributed by atoms with Crippen molar-refractivity contribution in [2.45, 2.75) is 38.8 Å². The molecule has 2 unspecified atom stereocenters. The van der Waals surface area contributed by atoms with Gasteiger partial charge in [0.15, 0.2) is 0 Å². The molecule has 20 heavy (non-hydrogen) atoms. The SMILES string of the molecule is CCOc1cccc(OC(C)CC(C)(NC)C(=O)O)c1. The summed E-state index contributed by atoms with van der Waals surface area (Å²) in [6, 6.07) is 7.34. The number of benzene rings is 1. The van der Waals surface area contributed by atoms with Crippen molar-refractivity contribution in [1.29, 1.82) is 0 Å². The molecule has 0 fully saturated rings. The van der Waals surface area contributed by atoms with Gasteiger partial charge in [-0.3, -0.25) is 4.79 Å². The molecule has 2 atom stereocenters. The molecular weight excluding hydrogens is 258 g/mol. The number of hydrogen-bond acceptors (Lipinski definition) is 4. The van der Waals surface area contributed by atoms with Crippen molar-refractivity contribution in [2.75, 3.05) is 13.7 Å². The predicted octanol–water partition coefficient (Wildman–Crippen LogP) is 2.31. The number of rotatable bonds is 8. The molecule has 1 aromatic carbocycles. The molecule has 0 aliphatic carbocycles. The molecule has 5 heteroatoms. The molecule has 0 spiro atoms. The number of carbonyl (C=O) groups is 1. The fraction of sp³-hybridized carbons (Fsp3) is 0.533. The van der Waals surface area contributed by atoms with E-state index in [4.69, 9.17) is 9.47 Å². The number of carboxylic acid groups (broad SMARTS) is 1. The molecule has 112 valence electrons. The highest BCUT2D eigenvalue weighted by atomic mass is 16.5. The van der Waals surface area contributed by atoms with Gasteiger partial charge in [0.25, 0.3) is 0 Å². The van der Waals surface area contributed by atoms with E-state index in [2.05, 4.69) is 5.32 Å². The fourth-order valence-electron chi connectivity index (χ4n) is 1.95. The molecular formula is C15H23NO4. The number of likely N-dealkylation sites (N-methyl/N-ethyl adjacent to an activating group) is 1. The van der Waals surface area contributed by atoms with Gasteiger partial charge < -0.3 is 19.9 Å². The van der Waals surface area contributed by atoms with E-state index in [1.165, 1.54) is 0 Å². The van der Waals surface area contributed by atoms with E-state index in [1.54, 1.807) is 20.0 Å². The van der Waals surface area contributed by atoms with E-state index in [9.17, 15) is 9.90 Å². The Morgan fingerprint density at radius 2 is 2.10 bits per heavy atom. The van der Waals surface area contributed by atoms with Crippen molar-refractivity contribution in [3.8, 4) is 11.5 Å². The smallest absolute Gasteiger partial charge is 0.323 e. The molecule has 0 radical (unpaired) electrons. The summed E-state index contributed by atoms with van der Waals surface area (Å²) in [6.07, 6.45) is 0.123. The average molecular weight is 281 g/mol. The van der Waals surface area contributed by atoms with E-state index < -0.39 is 11.5 Å². The third-order valence-electron chi connectivity index (χ3n) is 3.17. The highest BCUT2D eigenvalue weighted by molar-refractivity contribution is 5.78. The lowest BCUT2D eigenvalue weighted by Crippen LogP contribution is -2.50. The molecule has 1 rings (SSSR count). The Balaban J connectivity index is 2.68. The zero-order chi connectivity index (χ0) is 15.2. The predicted molar refractivity (Wildman–Crippen MR) is 77.4 cm³/mol. The van der Waals surface area contributed by atoms with Crippen molar-refractivity contribution in [3.05, 3.63) is 24.3 Å². The van der Waals surface area contributed by atoms with Crippen molar-refractivity contribution in [1.82, 2.24) is 5.32 Å². The highest BCUT2D eigenvalue weighted by Gasteiger charge is 2.33. The lowest BCUT2D eigenvalue weighted by molar-refractivity contribution is -0.145. The Labute approximate surface area is 119 Å². The van der Waals surface area contributed by atoms with Gasteiger partial charge in [-0.2, -0.15) is 0 Å². The van der Waals surface area contributed by atoms with Gasteiger partial charge in [0, 0.05) is 12.5 Å². The van der Waals surface area contributed by atoms with Crippen LogP contribution in [0.1, 0.15) is 27.2 Å². The summed E-state index contributed by atoms with van der Waals surface area (Å²) in [5.41, 5.74) is -1.00. The van der Waals surface area contributed by atoms with Crippen LogP contribution in [0.3, 0.4) is 0 Å². The number of aliphatic carboxylic acids is 1. The standard InChI is InChI=1S/C15H23NO4/c1-5-19-12-7-6-8-13(9-12)20-11(2)10-15(3,16-4)14(17)18/h6-9,11,16H,5,10H2,1-4H3,(H,17,18). The lowest BCUT2D eigenvalue weighted by atomic mass is 9.95. The molecule has 0 heterocycles. The van der Waals surface area contributed by atoms with Crippen LogP contribution >= 0.6 is 0 Å². The molecule has 0 amide bonds. The second-order valence-electron chi connectivity index (χ2n) is 4.93. The maximum atomic E-state index is 11.2. The minimum absolute atomic E-state index is 0.236. The highest BCUT2D eigenvalue weighted by Crippen LogP contribution is 2.23. The zero-order valence-corrected chi connectivity index (χ0v) is 12.5. The maximum absolute atomic E-state index is 11.2. The van der Waals surface area contributed by atoms with Crippen LogP contribution in [-0.4, -0.2) is 36.4 Å². The Kier molecular flexibility index (Phi) is 5.82. The maximum Gasteiger partial charge on any atom is 0.323 e. The lowest BCUT2D eigenvalue weighted by Gasteiger charge is -2.27. The van der Waals surface area contributed by atoms with Gasteiger partial charge in [-0.05, 0) is 40.0 Å². The number of carboxylic acids is 1. The number of hydrogen-bond donors (Lipinski definition) is 2. The average Bonchev–Trinajstić information content (AvgIpc) is 2.39. The van der Waals surface area contributed by atoms with E-state index in [0.717, 1.165) is 5.75 Å². The summed E-state index contributed by atoms with van der Waals surface area (Å²) in [5, 5.41) is 12.0. The fourth-order valence-corrected chi connectivity index (χ4v) is 1.95. The van der Waals surface area contributed by atoms with Gasteiger partial charge in [-0.25, -0.2) is 0 Å². The van der Waals surface area contributed by atoms with E-state index in [1.807, 2.05) is 32.0 Å². The van der Waals surface area contributed by atoms with Gasteiger partial charge in [-0.1, -0.05) is 6.07 Å². The van der Waals surface area contributed by atoms with Gasteiger partial charge in [-0.15, -0.1) is 0 Å². The van der Waals surface area contributed by atoms with Crippen LogP contribution in [0, 0.1) is 0 Å². The van der Waals surface area contributed by atoms with Crippen LogP contribution in [0.25, 0.3) is 0 Å². The molecule has 0 aliphatic rings. The van der Waals surface area contributed by atoms with Crippen molar-refractivity contribution in [3.63, 3.8) is 0 Å². The van der Waals surface area contributed by atoms with Gasteiger partial charge in [0.2, 0.25) is 0 Å². The Morgan fingerprint density at radius 3 is 2.65 bits per heavy atom. The summed E-state index contributed by atoms with van der Waals surface area (Å²) in [7, 11) is 1.64. The largest absolute Gasteiger partial charge is 0.494 e. The van der Waals surface area contributed by atoms with Crippen LogP contribution < -0.4 is 14.8 Å². The first-order valence-electron chi connectivity index (χ1n) is 6.73. The molecule has 0 saturated carbocycles. The topological polar surface area (TPSA) is 67.8 Å². The molecule has 1 aromatic rings. The Hall–Kier alpha value is -1.75. The normalized spacial score (nSPS) is 15.2. The first-order chi connectivity index (χ1) is 9.41. The van der Waals surface area contributed by atoms with Gasteiger partial charge in [0.05, 0.1) is 12.7 Å². The minimum atomic E-state index is -1.00. The second kappa shape index (κ2) is 7.14. The summed E-state index contributed by atoms with van der Waals surface area (Å²) < 4.78 is 11.2. The Morgan fingerprint density at radius 1 is 1.45 bits per heavy atom. The molecule has 0 saturated heterocycles.